The van der Waals surface area contributed by atoms with Crippen molar-refractivity contribution >= 4 is 23.5 Å². The minimum absolute atomic E-state index is 0.0205. The summed E-state index contributed by atoms with van der Waals surface area (Å²) in [6.45, 7) is 1.60. The highest BCUT2D eigenvalue weighted by atomic mass is 16.5. The van der Waals surface area contributed by atoms with Gasteiger partial charge in [-0.1, -0.05) is 0 Å². The number of piperidine rings is 1. The van der Waals surface area contributed by atoms with Crippen molar-refractivity contribution in [1.82, 2.24) is 4.90 Å². The SMILES string of the molecule is COC(=O)CC(=O)Nc1ccc(C(=O)N2CCCCC2)cc1. The Kier molecular flexibility index (Phi) is 5.52. The van der Waals surface area contributed by atoms with Crippen molar-refractivity contribution in [3.63, 3.8) is 0 Å². The maximum absolute atomic E-state index is 12.3. The van der Waals surface area contributed by atoms with Crippen molar-refractivity contribution in [3.8, 4) is 0 Å². The Morgan fingerprint density at radius 3 is 2.32 bits per heavy atom. The monoisotopic (exact) mass is 304 g/mol. The van der Waals surface area contributed by atoms with Gasteiger partial charge in [-0.05, 0) is 43.5 Å². The topological polar surface area (TPSA) is 75.7 Å². The van der Waals surface area contributed by atoms with Crippen LogP contribution in [-0.2, 0) is 14.3 Å². The fourth-order valence-corrected chi connectivity index (χ4v) is 2.38. The molecule has 0 unspecified atom stereocenters. The number of likely N-dealkylation sites (tertiary alicyclic amines) is 1. The fraction of sp³-hybridized carbons (Fsp3) is 0.438. The number of nitrogens with one attached hydrogen (secondary N) is 1. The van der Waals surface area contributed by atoms with E-state index in [9.17, 15) is 14.4 Å². The minimum Gasteiger partial charge on any atom is -0.469 e. The first-order chi connectivity index (χ1) is 10.6. The van der Waals surface area contributed by atoms with E-state index in [2.05, 4.69) is 10.1 Å². The number of carbonyl (C=O) groups is 3. The molecule has 1 aliphatic heterocycles. The summed E-state index contributed by atoms with van der Waals surface area (Å²) < 4.78 is 4.43. The third-order valence-corrected chi connectivity index (χ3v) is 3.59. The van der Waals surface area contributed by atoms with Crippen LogP contribution in [0.3, 0.4) is 0 Å². The van der Waals surface area contributed by atoms with Gasteiger partial charge >= 0.3 is 5.97 Å². The van der Waals surface area contributed by atoms with Gasteiger partial charge < -0.3 is 15.0 Å². The van der Waals surface area contributed by atoms with Gasteiger partial charge in [0.1, 0.15) is 6.42 Å². The first kappa shape index (κ1) is 16.0. The Morgan fingerprint density at radius 2 is 1.73 bits per heavy atom. The second-order valence-electron chi connectivity index (χ2n) is 5.23. The minimum atomic E-state index is -0.589. The number of esters is 1. The summed E-state index contributed by atoms with van der Waals surface area (Å²) in [5.74, 6) is -1.01. The van der Waals surface area contributed by atoms with E-state index in [0.717, 1.165) is 25.9 Å². The van der Waals surface area contributed by atoms with Gasteiger partial charge in [0.15, 0.2) is 0 Å². The molecular formula is C16H20N2O4. The maximum atomic E-state index is 12.3. The molecule has 0 aliphatic carbocycles. The summed E-state index contributed by atoms with van der Waals surface area (Å²) in [5.41, 5.74) is 1.15. The van der Waals surface area contributed by atoms with Gasteiger partial charge in [0, 0.05) is 24.3 Å². The lowest BCUT2D eigenvalue weighted by atomic mass is 10.1. The van der Waals surface area contributed by atoms with Crippen LogP contribution < -0.4 is 5.32 Å². The first-order valence-electron chi connectivity index (χ1n) is 7.36. The molecule has 22 heavy (non-hydrogen) atoms. The Labute approximate surface area is 129 Å². The van der Waals surface area contributed by atoms with Crippen LogP contribution in [0.4, 0.5) is 5.69 Å². The summed E-state index contributed by atoms with van der Waals surface area (Å²) in [5, 5.41) is 2.59. The molecule has 0 bridgehead atoms. The number of methoxy groups -OCH3 is 1. The quantitative estimate of drug-likeness (QED) is 0.680. The summed E-state index contributed by atoms with van der Waals surface area (Å²) in [7, 11) is 1.23. The molecule has 1 aromatic rings. The molecule has 0 aromatic heterocycles. The van der Waals surface area contributed by atoms with Crippen LogP contribution >= 0.6 is 0 Å². The maximum Gasteiger partial charge on any atom is 0.315 e. The molecule has 0 radical (unpaired) electrons. The van der Waals surface area contributed by atoms with E-state index in [1.165, 1.54) is 13.5 Å². The molecule has 0 spiro atoms. The van der Waals surface area contributed by atoms with E-state index in [-0.39, 0.29) is 12.3 Å². The van der Waals surface area contributed by atoms with Crippen LogP contribution in [0, 0.1) is 0 Å². The molecule has 118 valence electrons. The zero-order chi connectivity index (χ0) is 15.9. The van der Waals surface area contributed by atoms with E-state index < -0.39 is 11.9 Å². The van der Waals surface area contributed by atoms with Crippen molar-refractivity contribution in [2.75, 3.05) is 25.5 Å². The number of rotatable bonds is 4. The predicted molar refractivity (Wildman–Crippen MR) is 81.5 cm³/mol. The third kappa shape index (κ3) is 4.31. The van der Waals surface area contributed by atoms with Crippen molar-refractivity contribution in [2.45, 2.75) is 25.7 Å². The van der Waals surface area contributed by atoms with Crippen LogP contribution in [0.1, 0.15) is 36.0 Å². The van der Waals surface area contributed by atoms with E-state index in [4.69, 9.17) is 0 Å². The Hall–Kier alpha value is -2.37. The van der Waals surface area contributed by atoms with Crippen LogP contribution in [0.5, 0.6) is 0 Å². The lowest BCUT2D eigenvalue weighted by molar-refractivity contribution is -0.142. The number of hydrogen-bond acceptors (Lipinski definition) is 4. The van der Waals surface area contributed by atoms with Gasteiger partial charge in [-0.25, -0.2) is 0 Å². The highest BCUT2D eigenvalue weighted by Gasteiger charge is 2.18. The lowest BCUT2D eigenvalue weighted by Gasteiger charge is -2.26. The summed E-state index contributed by atoms with van der Waals surface area (Å²) >= 11 is 0. The summed E-state index contributed by atoms with van der Waals surface area (Å²) in [6.07, 6.45) is 2.95. The Bertz CT molecular complexity index is 548. The smallest absolute Gasteiger partial charge is 0.315 e. The van der Waals surface area contributed by atoms with Crippen LogP contribution in [0.2, 0.25) is 0 Å². The average Bonchev–Trinajstić information content (AvgIpc) is 2.55. The number of carbonyl (C=O) groups excluding carboxylic acids is 3. The van der Waals surface area contributed by atoms with E-state index in [1.54, 1.807) is 24.3 Å². The van der Waals surface area contributed by atoms with Gasteiger partial charge in [-0.2, -0.15) is 0 Å². The number of nitrogens with zero attached hydrogens (tertiary/aromatic N) is 1. The fourth-order valence-electron chi connectivity index (χ4n) is 2.38. The van der Waals surface area contributed by atoms with Gasteiger partial charge in [-0.3, -0.25) is 14.4 Å². The number of hydrogen-bond donors (Lipinski definition) is 1. The molecule has 0 saturated carbocycles. The number of anilines is 1. The summed E-state index contributed by atoms with van der Waals surface area (Å²) in [6, 6.07) is 6.69. The third-order valence-electron chi connectivity index (χ3n) is 3.59. The Balaban J connectivity index is 1.93. The number of benzene rings is 1. The standard InChI is InChI=1S/C16H20N2O4/c1-22-15(20)11-14(19)17-13-7-5-12(6-8-13)16(21)18-9-3-2-4-10-18/h5-8H,2-4,9-11H2,1H3,(H,17,19). The first-order valence-corrected chi connectivity index (χ1v) is 7.36. The van der Waals surface area contributed by atoms with Gasteiger partial charge in [0.25, 0.3) is 5.91 Å². The molecule has 1 aromatic carbocycles. The predicted octanol–water partition coefficient (Wildman–Crippen LogP) is 1.81. The van der Waals surface area contributed by atoms with Crippen LogP contribution in [-0.4, -0.2) is 42.9 Å². The molecule has 2 amide bonds. The van der Waals surface area contributed by atoms with Crippen LogP contribution in [0.15, 0.2) is 24.3 Å². The zero-order valence-corrected chi connectivity index (χ0v) is 12.6. The van der Waals surface area contributed by atoms with Gasteiger partial charge in [0.2, 0.25) is 5.91 Å². The molecule has 1 fully saturated rings. The van der Waals surface area contributed by atoms with Crippen molar-refractivity contribution in [2.24, 2.45) is 0 Å². The average molecular weight is 304 g/mol. The second kappa shape index (κ2) is 7.59. The van der Waals surface area contributed by atoms with E-state index >= 15 is 0 Å². The van der Waals surface area contributed by atoms with Gasteiger partial charge in [-0.15, -0.1) is 0 Å². The zero-order valence-electron chi connectivity index (χ0n) is 12.6. The largest absolute Gasteiger partial charge is 0.469 e. The molecule has 0 atom stereocenters. The van der Waals surface area contributed by atoms with E-state index in [1.807, 2.05) is 4.90 Å². The van der Waals surface area contributed by atoms with Crippen LogP contribution in [0.25, 0.3) is 0 Å². The molecule has 1 saturated heterocycles. The molecule has 1 N–H and O–H groups in total. The molecule has 1 heterocycles. The van der Waals surface area contributed by atoms with Gasteiger partial charge in [0.05, 0.1) is 7.11 Å². The highest BCUT2D eigenvalue weighted by Crippen LogP contribution is 2.15. The molecule has 2 rings (SSSR count). The number of amides is 2. The van der Waals surface area contributed by atoms with E-state index in [0.29, 0.717) is 11.3 Å². The van der Waals surface area contributed by atoms with Crippen molar-refractivity contribution in [3.05, 3.63) is 29.8 Å². The Morgan fingerprint density at radius 1 is 1.09 bits per heavy atom. The number of ether oxygens (including phenoxy) is 1. The molecular weight excluding hydrogens is 284 g/mol. The normalized spacial score (nSPS) is 14.3. The molecule has 6 heteroatoms. The molecule has 1 aliphatic rings. The summed E-state index contributed by atoms with van der Waals surface area (Å²) in [4.78, 5) is 36.7. The lowest BCUT2D eigenvalue weighted by Crippen LogP contribution is -2.35. The molecule has 6 nitrogen and oxygen atoms in total. The van der Waals surface area contributed by atoms with Crippen molar-refractivity contribution < 1.29 is 19.1 Å². The van der Waals surface area contributed by atoms with Crippen molar-refractivity contribution in [1.29, 1.82) is 0 Å². The highest BCUT2D eigenvalue weighted by molar-refractivity contribution is 6.02. The second-order valence-corrected chi connectivity index (χ2v) is 5.23.